The van der Waals surface area contributed by atoms with Gasteiger partial charge in [0.25, 0.3) is 0 Å². The van der Waals surface area contributed by atoms with Gasteiger partial charge in [-0.3, -0.25) is 4.68 Å². The lowest BCUT2D eigenvalue weighted by molar-refractivity contribution is 0.305. The number of aromatic nitrogens is 2. The molecule has 0 aromatic carbocycles. The van der Waals surface area contributed by atoms with Crippen molar-refractivity contribution in [2.75, 3.05) is 6.61 Å². The Morgan fingerprint density at radius 1 is 1.67 bits per heavy atom. The molecule has 0 radical (unpaired) electrons. The van der Waals surface area contributed by atoms with E-state index in [1.165, 1.54) is 0 Å². The lowest BCUT2D eigenvalue weighted by Gasteiger charge is -1.81. The fourth-order valence-electron chi connectivity index (χ4n) is 0.936. The summed E-state index contributed by atoms with van der Waals surface area (Å²) < 4.78 is 1.73. The van der Waals surface area contributed by atoms with E-state index in [2.05, 4.69) is 16.9 Å². The smallest absolute Gasteiger partial charge is 0.0750 e. The van der Waals surface area contributed by atoms with E-state index in [0.717, 1.165) is 11.3 Å². The molecule has 1 heterocycles. The molecule has 0 bridgehead atoms. The van der Waals surface area contributed by atoms with Gasteiger partial charge in [-0.1, -0.05) is 11.8 Å². The molecule has 3 nitrogen and oxygen atoms in total. The second kappa shape index (κ2) is 3.93. The van der Waals surface area contributed by atoms with Gasteiger partial charge in [0.15, 0.2) is 0 Å². The highest BCUT2D eigenvalue weighted by Gasteiger charge is 1.97. The third kappa shape index (κ3) is 2.11. The van der Waals surface area contributed by atoms with Crippen LogP contribution in [0.1, 0.15) is 17.7 Å². The Morgan fingerprint density at radius 2 is 2.42 bits per heavy atom. The SMILES string of the molecule is Cc1nn(C)cc1C#CCCO. The van der Waals surface area contributed by atoms with Crippen molar-refractivity contribution in [1.82, 2.24) is 9.78 Å². The molecule has 0 aliphatic carbocycles. The van der Waals surface area contributed by atoms with Gasteiger partial charge in [-0.05, 0) is 6.92 Å². The Morgan fingerprint density at radius 3 is 2.92 bits per heavy atom. The van der Waals surface area contributed by atoms with E-state index in [-0.39, 0.29) is 6.61 Å². The molecule has 0 atom stereocenters. The van der Waals surface area contributed by atoms with Crippen LogP contribution in [-0.2, 0) is 7.05 Å². The van der Waals surface area contributed by atoms with E-state index < -0.39 is 0 Å². The van der Waals surface area contributed by atoms with E-state index in [4.69, 9.17) is 5.11 Å². The van der Waals surface area contributed by atoms with Gasteiger partial charge in [-0.2, -0.15) is 5.10 Å². The van der Waals surface area contributed by atoms with E-state index in [1.54, 1.807) is 4.68 Å². The Balaban J connectivity index is 2.76. The first-order valence-corrected chi connectivity index (χ1v) is 3.84. The number of nitrogens with zero attached hydrogens (tertiary/aromatic N) is 2. The van der Waals surface area contributed by atoms with Crippen LogP contribution in [0.2, 0.25) is 0 Å². The molecule has 0 aliphatic rings. The van der Waals surface area contributed by atoms with Crippen LogP contribution >= 0.6 is 0 Å². The van der Waals surface area contributed by atoms with E-state index in [0.29, 0.717) is 6.42 Å². The van der Waals surface area contributed by atoms with Gasteiger partial charge in [-0.25, -0.2) is 0 Å². The van der Waals surface area contributed by atoms with Crippen molar-refractivity contribution in [2.24, 2.45) is 7.05 Å². The molecule has 0 unspecified atom stereocenters. The molecule has 0 fully saturated rings. The largest absolute Gasteiger partial charge is 0.395 e. The minimum absolute atomic E-state index is 0.117. The molecule has 1 N–H and O–H groups in total. The Labute approximate surface area is 72.0 Å². The molecular formula is C9H12N2O. The molecule has 64 valence electrons. The van der Waals surface area contributed by atoms with Crippen molar-refractivity contribution in [3.05, 3.63) is 17.5 Å². The third-order valence-corrected chi connectivity index (χ3v) is 1.47. The summed E-state index contributed by atoms with van der Waals surface area (Å²) in [5, 5.41) is 12.6. The fourth-order valence-corrected chi connectivity index (χ4v) is 0.936. The Kier molecular flexibility index (Phi) is 2.89. The standard InChI is InChI=1S/C9H12N2O/c1-8-9(5-3-4-6-12)7-11(2)10-8/h7,12H,4,6H2,1-2H3. The first-order chi connectivity index (χ1) is 5.74. The summed E-state index contributed by atoms with van der Waals surface area (Å²) in [4.78, 5) is 0. The van der Waals surface area contributed by atoms with Crippen LogP contribution < -0.4 is 0 Å². The topological polar surface area (TPSA) is 38.0 Å². The van der Waals surface area contributed by atoms with Crippen LogP contribution in [0.4, 0.5) is 0 Å². The maximum absolute atomic E-state index is 8.50. The summed E-state index contributed by atoms with van der Waals surface area (Å²) in [7, 11) is 1.87. The van der Waals surface area contributed by atoms with Gasteiger partial charge in [0.05, 0.1) is 17.9 Å². The quantitative estimate of drug-likeness (QED) is 0.612. The minimum Gasteiger partial charge on any atom is -0.395 e. The van der Waals surface area contributed by atoms with Crippen molar-refractivity contribution in [3.8, 4) is 11.8 Å². The van der Waals surface area contributed by atoms with Gasteiger partial charge in [-0.15, -0.1) is 0 Å². The zero-order chi connectivity index (χ0) is 8.97. The van der Waals surface area contributed by atoms with Crippen LogP contribution in [0.25, 0.3) is 0 Å². The second-order valence-electron chi connectivity index (χ2n) is 2.58. The van der Waals surface area contributed by atoms with Crippen LogP contribution in [0.3, 0.4) is 0 Å². The third-order valence-electron chi connectivity index (χ3n) is 1.47. The normalized spacial score (nSPS) is 9.25. The second-order valence-corrected chi connectivity index (χ2v) is 2.58. The Hall–Kier alpha value is -1.27. The predicted molar refractivity (Wildman–Crippen MR) is 46.5 cm³/mol. The summed E-state index contributed by atoms with van der Waals surface area (Å²) >= 11 is 0. The van der Waals surface area contributed by atoms with Crippen molar-refractivity contribution in [1.29, 1.82) is 0 Å². The van der Waals surface area contributed by atoms with E-state index in [9.17, 15) is 0 Å². The van der Waals surface area contributed by atoms with Gasteiger partial charge in [0.2, 0.25) is 0 Å². The van der Waals surface area contributed by atoms with E-state index in [1.807, 2.05) is 20.2 Å². The van der Waals surface area contributed by atoms with Crippen LogP contribution in [-0.4, -0.2) is 21.5 Å². The minimum atomic E-state index is 0.117. The highest BCUT2D eigenvalue weighted by Crippen LogP contribution is 2.01. The zero-order valence-electron chi connectivity index (χ0n) is 7.33. The van der Waals surface area contributed by atoms with Crippen LogP contribution in [0.15, 0.2) is 6.20 Å². The van der Waals surface area contributed by atoms with Crippen molar-refractivity contribution >= 4 is 0 Å². The number of hydrogen-bond donors (Lipinski definition) is 1. The molecule has 0 amide bonds. The maximum Gasteiger partial charge on any atom is 0.0750 e. The molecule has 0 saturated carbocycles. The molecular weight excluding hydrogens is 152 g/mol. The summed E-state index contributed by atoms with van der Waals surface area (Å²) in [5.74, 6) is 5.79. The number of aryl methyl sites for hydroxylation is 2. The molecule has 0 aliphatic heterocycles. The number of rotatable bonds is 1. The van der Waals surface area contributed by atoms with Crippen molar-refractivity contribution < 1.29 is 5.11 Å². The zero-order valence-corrected chi connectivity index (χ0v) is 7.33. The Bertz CT molecular complexity index is 317. The van der Waals surface area contributed by atoms with E-state index >= 15 is 0 Å². The first-order valence-electron chi connectivity index (χ1n) is 3.84. The number of hydrogen-bond acceptors (Lipinski definition) is 2. The van der Waals surface area contributed by atoms with Crippen LogP contribution in [0.5, 0.6) is 0 Å². The van der Waals surface area contributed by atoms with Gasteiger partial charge < -0.3 is 5.11 Å². The summed E-state index contributed by atoms with van der Waals surface area (Å²) in [5.41, 5.74) is 1.87. The summed E-state index contributed by atoms with van der Waals surface area (Å²) in [6.07, 6.45) is 2.40. The molecule has 12 heavy (non-hydrogen) atoms. The number of aliphatic hydroxyl groups is 1. The molecule has 0 saturated heterocycles. The van der Waals surface area contributed by atoms with Crippen LogP contribution in [0, 0.1) is 18.8 Å². The lowest BCUT2D eigenvalue weighted by atomic mass is 10.2. The molecule has 0 spiro atoms. The molecule has 3 heteroatoms. The number of aliphatic hydroxyl groups excluding tert-OH is 1. The average molecular weight is 164 g/mol. The highest BCUT2D eigenvalue weighted by molar-refractivity contribution is 5.35. The van der Waals surface area contributed by atoms with Gasteiger partial charge in [0, 0.05) is 19.7 Å². The summed E-state index contributed by atoms with van der Waals surface area (Å²) in [6.45, 7) is 2.04. The predicted octanol–water partition coefficient (Wildman–Crippen LogP) is 0.462. The highest BCUT2D eigenvalue weighted by atomic mass is 16.2. The van der Waals surface area contributed by atoms with Crippen molar-refractivity contribution in [3.63, 3.8) is 0 Å². The monoisotopic (exact) mass is 164 g/mol. The van der Waals surface area contributed by atoms with Gasteiger partial charge in [0.1, 0.15) is 0 Å². The maximum atomic E-state index is 8.50. The molecule has 1 rings (SSSR count). The summed E-state index contributed by atoms with van der Waals surface area (Å²) in [6, 6.07) is 0. The van der Waals surface area contributed by atoms with Crippen molar-refractivity contribution in [2.45, 2.75) is 13.3 Å². The fraction of sp³-hybridized carbons (Fsp3) is 0.444. The lowest BCUT2D eigenvalue weighted by Crippen LogP contribution is -1.86. The van der Waals surface area contributed by atoms with Gasteiger partial charge >= 0.3 is 0 Å². The first kappa shape index (κ1) is 8.82. The molecule has 1 aromatic rings. The average Bonchev–Trinajstić information content (AvgIpc) is 2.31. The molecule has 1 aromatic heterocycles.